The largest absolute Gasteiger partial charge is 0.496 e. The van der Waals surface area contributed by atoms with Crippen LogP contribution in [0, 0.1) is 0 Å². The smallest absolute Gasteiger partial charge is 0.255 e. The SMILES string of the molecule is COc1cc(Nc2nc(-c3cccc(C(=O)Nc4ccccc4)c3)cn3ccnc23)ccc1CO. The quantitative estimate of drug-likeness (QED) is 0.316. The first-order chi connectivity index (χ1) is 17.1. The molecule has 2 heterocycles. The van der Waals surface area contributed by atoms with Crippen LogP contribution in [-0.2, 0) is 6.61 Å². The molecule has 0 bridgehead atoms. The molecule has 5 aromatic rings. The molecule has 0 saturated heterocycles. The Morgan fingerprint density at radius 3 is 2.69 bits per heavy atom. The summed E-state index contributed by atoms with van der Waals surface area (Å²) in [7, 11) is 1.56. The molecule has 0 saturated carbocycles. The number of carbonyl (C=O) groups excluding carboxylic acids is 1. The van der Waals surface area contributed by atoms with Crippen LogP contribution in [0.2, 0.25) is 0 Å². The Labute approximate surface area is 201 Å². The molecule has 8 heteroatoms. The van der Waals surface area contributed by atoms with Crippen LogP contribution in [0.5, 0.6) is 5.75 Å². The summed E-state index contributed by atoms with van der Waals surface area (Å²) in [5.41, 5.74) is 4.80. The van der Waals surface area contributed by atoms with Crippen LogP contribution in [-0.4, -0.2) is 32.5 Å². The number of ether oxygens (including phenoxy) is 1. The van der Waals surface area contributed by atoms with Gasteiger partial charge >= 0.3 is 0 Å². The second-order valence-electron chi connectivity index (χ2n) is 7.84. The highest BCUT2D eigenvalue weighted by atomic mass is 16.5. The zero-order valence-electron chi connectivity index (χ0n) is 19.0. The van der Waals surface area contributed by atoms with E-state index in [9.17, 15) is 9.90 Å². The van der Waals surface area contributed by atoms with Crippen molar-refractivity contribution in [2.75, 3.05) is 17.7 Å². The van der Waals surface area contributed by atoms with E-state index < -0.39 is 0 Å². The Kier molecular flexibility index (Phi) is 6.11. The molecular formula is C27H23N5O3. The van der Waals surface area contributed by atoms with Crippen LogP contribution >= 0.6 is 0 Å². The molecule has 0 atom stereocenters. The van der Waals surface area contributed by atoms with Gasteiger partial charge in [-0.05, 0) is 30.3 Å². The average Bonchev–Trinajstić information content (AvgIpc) is 3.38. The summed E-state index contributed by atoms with van der Waals surface area (Å²) in [5.74, 6) is 0.923. The molecule has 0 spiro atoms. The summed E-state index contributed by atoms with van der Waals surface area (Å²) in [4.78, 5) is 22.0. The molecule has 174 valence electrons. The Hall–Kier alpha value is -4.69. The van der Waals surface area contributed by atoms with Crippen LogP contribution in [0.3, 0.4) is 0 Å². The summed E-state index contributed by atoms with van der Waals surface area (Å²) < 4.78 is 7.25. The van der Waals surface area contributed by atoms with E-state index in [0.717, 1.165) is 16.9 Å². The lowest BCUT2D eigenvalue weighted by molar-refractivity contribution is 0.102. The van der Waals surface area contributed by atoms with Crippen molar-refractivity contribution in [3.8, 4) is 17.0 Å². The number of methoxy groups -OCH3 is 1. The number of amides is 1. The highest BCUT2D eigenvalue weighted by Gasteiger charge is 2.13. The molecule has 0 fully saturated rings. The molecule has 5 rings (SSSR count). The minimum Gasteiger partial charge on any atom is -0.496 e. The van der Waals surface area contributed by atoms with Gasteiger partial charge in [0.1, 0.15) is 5.75 Å². The third-order valence-electron chi connectivity index (χ3n) is 5.55. The molecule has 0 radical (unpaired) electrons. The van der Waals surface area contributed by atoms with Gasteiger partial charge in [-0.1, -0.05) is 36.4 Å². The first-order valence-corrected chi connectivity index (χ1v) is 11.0. The van der Waals surface area contributed by atoms with E-state index in [4.69, 9.17) is 9.72 Å². The predicted octanol–water partition coefficient (Wildman–Crippen LogP) is 4.89. The lowest BCUT2D eigenvalue weighted by Gasteiger charge is -2.13. The number of aliphatic hydroxyl groups excluding tert-OH is 1. The number of fused-ring (bicyclic) bond motifs is 1. The normalized spacial score (nSPS) is 10.8. The molecule has 0 aliphatic heterocycles. The second kappa shape index (κ2) is 9.66. The lowest BCUT2D eigenvalue weighted by Crippen LogP contribution is -2.11. The van der Waals surface area contributed by atoms with Gasteiger partial charge in [0, 0.05) is 52.7 Å². The molecular weight excluding hydrogens is 442 g/mol. The maximum atomic E-state index is 12.8. The molecule has 35 heavy (non-hydrogen) atoms. The van der Waals surface area contributed by atoms with E-state index in [2.05, 4.69) is 15.6 Å². The number of carbonyl (C=O) groups is 1. The highest BCUT2D eigenvalue weighted by molar-refractivity contribution is 6.04. The van der Waals surface area contributed by atoms with Gasteiger partial charge in [-0.15, -0.1) is 0 Å². The van der Waals surface area contributed by atoms with Crippen molar-refractivity contribution in [3.63, 3.8) is 0 Å². The minimum atomic E-state index is -0.198. The number of nitrogens with zero attached hydrogens (tertiary/aromatic N) is 3. The third kappa shape index (κ3) is 4.68. The fourth-order valence-electron chi connectivity index (χ4n) is 3.79. The second-order valence-corrected chi connectivity index (χ2v) is 7.84. The van der Waals surface area contributed by atoms with Gasteiger partial charge in [0.05, 0.1) is 19.4 Å². The fourth-order valence-corrected chi connectivity index (χ4v) is 3.79. The van der Waals surface area contributed by atoms with Crippen LogP contribution in [0.25, 0.3) is 16.9 Å². The van der Waals surface area contributed by atoms with Gasteiger partial charge in [0.2, 0.25) is 0 Å². The number of nitrogens with one attached hydrogen (secondary N) is 2. The van der Waals surface area contributed by atoms with Crippen molar-refractivity contribution >= 4 is 28.7 Å². The van der Waals surface area contributed by atoms with E-state index in [0.29, 0.717) is 34.0 Å². The number of aromatic nitrogens is 3. The number of aliphatic hydroxyl groups is 1. The topological polar surface area (TPSA) is 101 Å². The maximum Gasteiger partial charge on any atom is 0.255 e. The Morgan fingerprint density at radius 1 is 1.03 bits per heavy atom. The Bertz CT molecular complexity index is 1500. The van der Waals surface area contributed by atoms with Crippen molar-refractivity contribution in [3.05, 3.63) is 103 Å². The third-order valence-corrected chi connectivity index (χ3v) is 5.55. The summed E-state index contributed by atoms with van der Waals surface area (Å²) in [5, 5.41) is 15.7. The van der Waals surface area contributed by atoms with E-state index >= 15 is 0 Å². The molecule has 3 N–H and O–H groups in total. The van der Waals surface area contributed by atoms with Crippen molar-refractivity contribution < 1.29 is 14.6 Å². The van der Waals surface area contributed by atoms with Crippen molar-refractivity contribution in [2.45, 2.75) is 6.61 Å². The Balaban J connectivity index is 1.48. The molecule has 0 aliphatic carbocycles. The molecule has 8 nitrogen and oxygen atoms in total. The van der Waals surface area contributed by atoms with E-state index in [-0.39, 0.29) is 12.5 Å². The van der Waals surface area contributed by atoms with Gasteiger partial charge in [0.25, 0.3) is 5.91 Å². The summed E-state index contributed by atoms with van der Waals surface area (Å²) in [6.45, 7) is -0.115. The lowest BCUT2D eigenvalue weighted by atomic mass is 10.1. The number of imidazole rings is 1. The predicted molar refractivity (Wildman–Crippen MR) is 135 cm³/mol. The fraction of sp³-hybridized carbons (Fsp3) is 0.0741. The summed E-state index contributed by atoms with van der Waals surface area (Å²) in [6.07, 6.45) is 5.41. The number of para-hydroxylation sites is 1. The van der Waals surface area contributed by atoms with Gasteiger partial charge in [-0.2, -0.15) is 0 Å². The van der Waals surface area contributed by atoms with Gasteiger partial charge in [0.15, 0.2) is 11.5 Å². The first kappa shape index (κ1) is 22.1. The van der Waals surface area contributed by atoms with Crippen molar-refractivity contribution in [1.29, 1.82) is 0 Å². The average molecular weight is 466 g/mol. The number of hydrogen-bond acceptors (Lipinski definition) is 6. The van der Waals surface area contributed by atoms with Crippen molar-refractivity contribution in [1.82, 2.24) is 14.4 Å². The Morgan fingerprint density at radius 2 is 1.89 bits per heavy atom. The standard InChI is InChI=1S/C27H23N5O3/c1-35-24-15-22(11-10-20(24)17-33)29-25-26-28-12-13-32(26)16-23(31-25)18-6-5-7-19(14-18)27(34)30-21-8-3-2-4-9-21/h2-16,33H,17H2,1H3,(H,29,31)(H,30,34). The van der Waals surface area contributed by atoms with Crippen LogP contribution in [0.1, 0.15) is 15.9 Å². The maximum absolute atomic E-state index is 12.8. The van der Waals surface area contributed by atoms with E-state index in [1.807, 2.05) is 71.4 Å². The van der Waals surface area contributed by atoms with Gasteiger partial charge in [-0.25, -0.2) is 9.97 Å². The minimum absolute atomic E-state index is 0.115. The zero-order chi connectivity index (χ0) is 24.2. The van der Waals surface area contributed by atoms with Crippen LogP contribution in [0.15, 0.2) is 91.4 Å². The number of benzene rings is 3. The highest BCUT2D eigenvalue weighted by Crippen LogP contribution is 2.28. The van der Waals surface area contributed by atoms with E-state index in [1.54, 1.807) is 31.5 Å². The van der Waals surface area contributed by atoms with Crippen molar-refractivity contribution in [2.24, 2.45) is 0 Å². The van der Waals surface area contributed by atoms with Crippen LogP contribution in [0.4, 0.5) is 17.2 Å². The molecule has 2 aromatic heterocycles. The summed E-state index contributed by atoms with van der Waals surface area (Å²) >= 11 is 0. The van der Waals surface area contributed by atoms with E-state index in [1.165, 1.54) is 0 Å². The zero-order valence-corrected chi connectivity index (χ0v) is 19.0. The molecule has 0 unspecified atom stereocenters. The number of rotatable bonds is 7. The monoisotopic (exact) mass is 465 g/mol. The molecule has 0 aliphatic rings. The molecule has 3 aromatic carbocycles. The number of anilines is 3. The first-order valence-electron chi connectivity index (χ1n) is 11.0. The van der Waals surface area contributed by atoms with Gasteiger partial charge < -0.3 is 24.9 Å². The van der Waals surface area contributed by atoms with Gasteiger partial charge in [-0.3, -0.25) is 4.79 Å². The summed E-state index contributed by atoms with van der Waals surface area (Å²) in [6, 6.07) is 22.1. The number of hydrogen-bond donors (Lipinski definition) is 3. The van der Waals surface area contributed by atoms with Crippen LogP contribution < -0.4 is 15.4 Å². The molecule has 1 amide bonds.